The molecule has 1 unspecified atom stereocenters. The van der Waals surface area contributed by atoms with E-state index in [9.17, 15) is 4.79 Å². The smallest absolute Gasteiger partial charge is 0.220 e. The number of benzene rings is 1. The fraction of sp³-hybridized carbons (Fsp3) is 0.533. The molecule has 1 amide bonds. The minimum atomic E-state index is -0.170. The summed E-state index contributed by atoms with van der Waals surface area (Å²) in [5, 5.41) is 3.03. The van der Waals surface area contributed by atoms with Crippen LogP contribution in [0.15, 0.2) is 24.3 Å². The molecule has 0 radical (unpaired) electrons. The van der Waals surface area contributed by atoms with Crippen molar-refractivity contribution in [3.05, 3.63) is 29.8 Å². The number of nitrogens with one attached hydrogen (secondary N) is 1. The fourth-order valence-corrected chi connectivity index (χ4v) is 3.42. The van der Waals surface area contributed by atoms with E-state index >= 15 is 0 Å². The minimum absolute atomic E-state index is 0.0479. The molecule has 2 aliphatic rings. The molecule has 1 spiro atoms. The van der Waals surface area contributed by atoms with Crippen LogP contribution in [0.2, 0.25) is 0 Å². The van der Waals surface area contributed by atoms with Gasteiger partial charge in [0.2, 0.25) is 5.91 Å². The fourth-order valence-electron chi connectivity index (χ4n) is 3.42. The number of amides is 1. The largest absolute Gasteiger partial charge is 0.488 e. The third-order valence-corrected chi connectivity index (χ3v) is 4.06. The van der Waals surface area contributed by atoms with Crippen molar-refractivity contribution >= 4 is 5.91 Å². The summed E-state index contributed by atoms with van der Waals surface area (Å²) >= 11 is 0. The first kappa shape index (κ1) is 11.6. The van der Waals surface area contributed by atoms with E-state index in [1.165, 1.54) is 5.56 Å². The lowest BCUT2D eigenvalue weighted by Gasteiger charge is -2.47. The highest BCUT2D eigenvalue weighted by atomic mass is 16.5. The van der Waals surface area contributed by atoms with E-state index in [0.717, 1.165) is 25.1 Å². The van der Waals surface area contributed by atoms with Gasteiger partial charge in [0.25, 0.3) is 0 Å². The Bertz CT molecular complexity index is 483. The number of rotatable bonds is 0. The molecule has 1 atom stereocenters. The number of carbonyl (C=O) groups excluding carboxylic acids is 1. The number of para-hydroxylation sites is 1. The summed E-state index contributed by atoms with van der Waals surface area (Å²) < 4.78 is 6.06. The zero-order chi connectivity index (χ0) is 12.8. The Kier molecular flexibility index (Phi) is 2.40. The van der Waals surface area contributed by atoms with E-state index in [1.807, 2.05) is 12.1 Å². The van der Waals surface area contributed by atoms with Crippen LogP contribution in [0.5, 0.6) is 5.75 Å². The Morgan fingerprint density at radius 2 is 2.06 bits per heavy atom. The SMILES string of the molecule is CC1(C)CC2(CCC(=O)NC2)c2ccccc2O1. The molecule has 3 nitrogen and oxygen atoms in total. The lowest BCUT2D eigenvalue weighted by molar-refractivity contribution is -0.124. The molecule has 1 N–H and O–H groups in total. The maximum absolute atomic E-state index is 11.4. The molecule has 3 heteroatoms. The van der Waals surface area contributed by atoms with E-state index in [2.05, 4.69) is 31.3 Å². The predicted molar refractivity (Wildman–Crippen MR) is 69.7 cm³/mol. The Morgan fingerprint density at radius 1 is 1.28 bits per heavy atom. The van der Waals surface area contributed by atoms with Gasteiger partial charge in [-0.3, -0.25) is 4.79 Å². The topological polar surface area (TPSA) is 38.3 Å². The number of carbonyl (C=O) groups is 1. The standard InChI is InChI=1S/C15H19NO2/c1-14(2)9-15(8-7-13(17)16-10-15)11-5-3-4-6-12(11)18-14/h3-6H,7-10H2,1-2H3,(H,16,17). The van der Waals surface area contributed by atoms with E-state index in [-0.39, 0.29) is 16.9 Å². The molecule has 2 heterocycles. The van der Waals surface area contributed by atoms with Gasteiger partial charge in [-0.05, 0) is 32.8 Å². The van der Waals surface area contributed by atoms with Crippen LogP contribution >= 0.6 is 0 Å². The highest BCUT2D eigenvalue weighted by Gasteiger charge is 2.46. The predicted octanol–water partition coefficient (Wildman–Crippen LogP) is 2.40. The van der Waals surface area contributed by atoms with Crippen molar-refractivity contribution in [2.24, 2.45) is 0 Å². The van der Waals surface area contributed by atoms with E-state index in [4.69, 9.17) is 4.74 Å². The molecule has 2 aliphatic heterocycles. The van der Waals surface area contributed by atoms with Crippen LogP contribution in [-0.4, -0.2) is 18.1 Å². The summed E-state index contributed by atoms with van der Waals surface area (Å²) in [6.07, 6.45) is 2.49. The van der Waals surface area contributed by atoms with Crippen molar-refractivity contribution in [2.45, 2.75) is 44.1 Å². The van der Waals surface area contributed by atoms with Gasteiger partial charge >= 0.3 is 0 Å². The number of piperidine rings is 1. The number of hydrogen-bond acceptors (Lipinski definition) is 2. The molecule has 3 rings (SSSR count). The first-order valence-corrected chi connectivity index (χ1v) is 6.56. The van der Waals surface area contributed by atoms with Crippen LogP contribution in [0.4, 0.5) is 0 Å². The Hall–Kier alpha value is -1.51. The van der Waals surface area contributed by atoms with Crippen LogP contribution in [0.3, 0.4) is 0 Å². The van der Waals surface area contributed by atoms with Gasteiger partial charge in [0.1, 0.15) is 11.4 Å². The second kappa shape index (κ2) is 3.74. The van der Waals surface area contributed by atoms with Gasteiger partial charge in [-0.2, -0.15) is 0 Å². The zero-order valence-electron chi connectivity index (χ0n) is 11.0. The molecule has 0 aromatic heterocycles. The first-order valence-electron chi connectivity index (χ1n) is 6.56. The molecule has 1 aromatic rings. The summed E-state index contributed by atoms with van der Waals surface area (Å²) in [5.74, 6) is 1.15. The number of fused-ring (bicyclic) bond motifs is 2. The molecule has 1 fully saturated rings. The van der Waals surface area contributed by atoms with Crippen molar-refractivity contribution in [1.82, 2.24) is 5.32 Å². The molecular formula is C15H19NO2. The summed E-state index contributed by atoms with van der Waals surface area (Å²) in [4.78, 5) is 11.4. The minimum Gasteiger partial charge on any atom is -0.488 e. The summed E-state index contributed by atoms with van der Waals surface area (Å²) in [6.45, 7) is 4.98. The van der Waals surface area contributed by atoms with Crippen molar-refractivity contribution in [3.8, 4) is 5.75 Å². The second-order valence-corrected chi connectivity index (χ2v) is 6.09. The lowest BCUT2D eigenvalue weighted by atomic mass is 9.67. The van der Waals surface area contributed by atoms with Crippen LogP contribution in [0, 0.1) is 0 Å². The van der Waals surface area contributed by atoms with Crippen LogP contribution < -0.4 is 10.1 Å². The third-order valence-electron chi connectivity index (χ3n) is 4.06. The average molecular weight is 245 g/mol. The van der Waals surface area contributed by atoms with Gasteiger partial charge in [0.05, 0.1) is 0 Å². The summed E-state index contributed by atoms with van der Waals surface area (Å²) in [6, 6.07) is 8.24. The molecular weight excluding hydrogens is 226 g/mol. The maximum atomic E-state index is 11.4. The van der Waals surface area contributed by atoms with E-state index < -0.39 is 0 Å². The van der Waals surface area contributed by atoms with E-state index in [0.29, 0.717) is 6.42 Å². The third kappa shape index (κ3) is 1.78. The van der Waals surface area contributed by atoms with Crippen molar-refractivity contribution in [1.29, 1.82) is 0 Å². The van der Waals surface area contributed by atoms with Crippen molar-refractivity contribution in [2.75, 3.05) is 6.54 Å². The van der Waals surface area contributed by atoms with Gasteiger partial charge < -0.3 is 10.1 Å². The van der Waals surface area contributed by atoms with Crippen molar-refractivity contribution < 1.29 is 9.53 Å². The molecule has 0 saturated carbocycles. The Morgan fingerprint density at radius 3 is 2.78 bits per heavy atom. The van der Waals surface area contributed by atoms with Gasteiger partial charge in [-0.1, -0.05) is 18.2 Å². The van der Waals surface area contributed by atoms with Gasteiger partial charge in [-0.25, -0.2) is 0 Å². The summed E-state index contributed by atoms with van der Waals surface area (Å²) in [7, 11) is 0. The highest BCUT2D eigenvalue weighted by molar-refractivity contribution is 5.77. The van der Waals surface area contributed by atoms with E-state index in [1.54, 1.807) is 0 Å². The quantitative estimate of drug-likeness (QED) is 0.762. The van der Waals surface area contributed by atoms with Gasteiger partial charge in [-0.15, -0.1) is 0 Å². The first-order chi connectivity index (χ1) is 8.51. The Balaban J connectivity index is 2.06. The molecule has 1 saturated heterocycles. The second-order valence-electron chi connectivity index (χ2n) is 6.09. The summed E-state index contributed by atoms with van der Waals surface area (Å²) in [5.41, 5.74) is 1.13. The highest BCUT2D eigenvalue weighted by Crippen LogP contribution is 2.48. The zero-order valence-corrected chi connectivity index (χ0v) is 11.0. The van der Waals surface area contributed by atoms with Gasteiger partial charge in [0, 0.05) is 23.9 Å². The molecule has 0 aliphatic carbocycles. The van der Waals surface area contributed by atoms with Crippen molar-refractivity contribution in [3.63, 3.8) is 0 Å². The average Bonchev–Trinajstić information content (AvgIpc) is 2.32. The Labute approximate surface area is 108 Å². The maximum Gasteiger partial charge on any atom is 0.220 e. The van der Waals surface area contributed by atoms with Crippen LogP contribution in [0.1, 0.15) is 38.7 Å². The molecule has 18 heavy (non-hydrogen) atoms. The monoisotopic (exact) mass is 245 g/mol. The number of hydrogen-bond donors (Lipinski definition) is 1. The van der Waals surface area contributed by atoms with Crippen LogP contribution in [0.25, 0.3) is 0 Å². The molecule has 0 bridgehead atoms. The lowest BCUT2D eigenvalue weighted by Crippen LogP contribution is -2.53. The normalized spacial score (nSPS) is 29.3. The molecule has 96 valence electrons. The number of ether oxygens (including phenoxy) is 1. The van der Waals surface area contributed by atoms with Gasteiger partial charge in [0.15, 0.2) is 0 Å². The molecule has 1 aromatic carbocycles. The van der Waals surface area contributed by atoms with Crippen LogP contribution in [-0.2, 0) is 10.2 Å².